The van der Waals surface area contributed by atoms with E-state index in [1.165, 1.54) is 12.8 Å². The van der Waals surface area contributed by atoms with Gasteiger partial charge >= 0.3 is 0 Å². The summed E-state index contributed by atoms with van der Waals surface area (Å²) in [6.07, 6.45) is 7.63. The van der Waals surface area contributed by atoms with E-state index in [0.717, 1.165) is 54.4 Å². The molecule has 2 aliphatic rings. The number of rotatable bonds is 2. The van der Waals surface area contributed by atoms with Crippen molar-refractivity contribution in [2.75, 3.05) is 36.0 Å². The summed E-state index contributed by atoms with van der Waals surface area (Å²) < 4.78 is 0. The summed E-state index contributed by atoms with van der Waals surface area (Å²) in [6.45, 7) is 8.45. The fourth-order valence-electron chi connectivity index (χ4n) is 5.23. The average Bonchev–Trinajstić information content (AvgIpc) is 3.21. The summed E-state index contributed by atoms with van der Waals surface area (Å²) in [4.78, 5) is 21.6. The monoisotopic (exact) mass is 387 g/mol. The molecule has 2 saturated heterocycles. The number of nitrogens with zero attached hydrogens (tertiary/aromatic N) is 6. The lowest BCUT2D eigenvalue weighted by Crippen LogP contribution is -2.57. The van der Waals surface area contributed by atoms with Gasteiger partial charge in [0.2, 0.25) is 0 Å². The van der Waals surface area contributed by atoms with Crippen molar-refractivity contribution in [2.24, 2.45) is 11.3 Å². The molecule has 0 spiro atoms. The van der Waals surface area contributed by atoms with Crippen molar-refractivity contribution in [3.05, 3.63) is 42.0 Å². The summed E-state index contributed by atoms with van der Waals surface area (Å²) in [5.74, 6) is 2.74. The molecule has 0 aromatic carbocycles. The highest BCUT2D eigenvalue weighted by molar-refractivity contribution is 5.87. The van der Waals surface area contributed by atoms with Crippen LogP contribution in [0.3, 0.4) is 0 Å². The maximum absolute atomic E-state index is 9.13. The molecule has 3 aromatic heterocycles. The van der Waals surface area contributed by atoms with Crippen LogP contribution in [0.25, 0.3) is 11.0 Å². The van der Waals surface area contributed by atoms with Crippen LogP contribution in [0.1, 0.15) is 30.9 Å². The topological polar surface area (TPSA) is 84.7 Å². The van der Waals surface area contributed by atoms with Crippen LogP contribution in [-0.2, 0) is 0 Å². The second-order valence-corrected chi connectivity index (χ2v) is 8.68. The average molecular weight is 387 g/mol. The van der Waals surface area contributed by atoms with Crippen molar-refractivity contribution in [3.8, 4) is 6.07 Å². The van der Waals surface area contributed by atoms with E-state index < -0.39 is 0 Å². The minimum absolute atomic E-state index is 0.159. The molecule has 1 N–H and O–H groups in total. The molecule has 2 fully saturated rings. The summed E-state index contributed by atoms with van der Waals surface area (Å²) in [5.41, 5.74) is 2.75. The predicted molar refractivity (Wildman–Crippen MR) is 113 cm³/mol. The van der Waals surface area contributed by atoms with Gasteiger partial charge in [0.1, 0.15) is 29.7 Å². The van der Waals surface area contributed by atoms with Gasteiger partial charge in [-0.05, 0) is 43.4 Å². The van der Waals surface area contributed by atoms with Crippen molar-refractivity contribution in [1.82, 2.24) is 19.9 Å². The van der Waals surface area contributed by atoms with Gasteiger partial charge in [0.15, 0.2) is 0 Å². The molecular formula is C22H25N7. The van der Waals surface area contributed by atoms with E-state index in [-0.39, 0.29) is 5.41 Å². The quantitative estimate of drug-likeness (QED) is 0.726. The van der Waals surface area contributed by atoms with Gasteiger partial charge in [0.05, 0.1) is 10.9 Å². The molecule has 7 nitrogen and oxygen atoms in total. The molecule has 2 aliphatic heterocycles. The van der Waals surface area contributed by atoms with E-state index >= 15 is 0 Å². The lowest BCUT2D eigenvalue weighted by atomic mass is 9.68. The number of nitriles is 1. The molecule has 0 saturated carbocycles. The zero-order chi connectivity index (χ0) is 20.0. The highest BCUT2D eigenvalue weighted by Gasteiger charge is 2.44. The zero-order valence-corrected chi connectivity index (χ0v) is 16.9. The third-order valence-corrected chi connectivity index (χ3v) is 6.70. The third kappa shape index (κ3) is 3.00. The molecule has 0 bridgehead atoms. The second-order valence-electron chi connectivity index (χ2n) is 8.68. The van der Waals surface area contributed by atoms with Gasteiger partial charge in [-0.2, -0.15) is 5.26 Å². The largest absolute Gasteiger partial charge is 0.356 e. The number of aromatic nitrogens is 4. The number of aryl methyl sites for hydroxylation is 1. The van der Waals surface area contributed by atoms with E-state index in [4.69, 9.17) is 5.26 Å². The van der Waals surface area contributed by atoms with Crippen LogP contribution >= 0.6 is 0 Å². The molecule has 29 heavy (non-hydrogen) atoms. The summed E-state index contributed by atoms with van der Waals surface area (Å²) in [7, 11) is 0. The van der Waals surface area contributed by atoms with Crippen LogP contribution in [0.5, 0.6) is 0 Å². The standard InChI is InChI=1S/C22H25N7/c1-15-9-16(10-23)11-25-20(15)28-7-4-17-5-8-29(13-22(17,2)12-28)21-18-3-6-24-19(18)26-14-27-21/h3,6,9,11,14,17H,4-5,7-8,12-13H2,1-2H3,(H,24,26,27)/t17-,22+/m0/s1. The second kappa shape index (κ2) is 6.73. The van der Waals surface area contributed by atoms with Crippen LogP contribution in [0, 0.1) is 29.6 Å². The number of fused-ring (bicyclic) bond motifs is 2. The number of piperidine rings is 2. The molecule has 2 atom stereocenters. The first-order valence-corrected chi connectivity index (χ1v) is 10.2. The van der Waals surface area contributed by atoms with Gasteiger partial charge in [0.25, 0.3) is 0 Å². The van der Waals surface area contributed by atoms with E-state index in [1.807, 2.05) is 19.2 Å². The molecule has 3 aromatic rings. The molecule has 7 heteroatoms. The van der Waals surface area contributed by atoms with E-state index in [2.05, 4.69) is 48.8 Å². The van der Waals surface area contributed by atoms with E-state index in [1.54, 1.807) is 12.5 Å². The Hall–Kier alpha value is -3.14. The summed E-state index contributed by atoms with van der Waals surface area (Å²) >= 11 is 0. The van der Waals surface area contributed by atoms with Gasteiger partial charge in [0, 0.05) is 44.0 Å². The Morgan fingerprint density at radius 2 is 1.90 bits per heavy atom. The predicted octanol–water partition coefficient (Wildman–Crippen LogP) is 3.28. The molecule has 5 rings (SSSR count). The molecular weight excluding hydrogens is 362 g/mol. The van der Waals surface area contributed by atoms with Gasteiger partial charge < -0.3 is 14.8 Å². The smallest absolute Gasteiger partial charge is 0.142 e. The van der Waals surface area contributed by atoms with E-state index in [9.17, 15) is 0 Å². The Balaban J connectivity index is 1.42. The molecule has 0 radical (unpaired) electrons. The summed E-state index contributed by atoms with van der Waals surface area (Å²) in [5, 5.41) is 10.2. The minimum atomic E-state index is 0.159. The van der Waals surface area contributed by atoms with Crippen LogP contribution in [0.2, 0.25) is 0 Å². The Bertz CT molecular complexity index is 1100. The fourth-order valence-corrected chi connectivity index (χ4v) is 5.23. The van der Waals surface area contributed by atoms with Crippen LogP contribution in [-0.4, -0.2) is 46.1 Å². The van der Waals surface area contributed by atoms with E-state index in [0.29, 0.717) is 11.5 Å². The Morgan fingerprint density at radius 3 is 2.62 bits per heavy atom. The lowest BCUT2D eigenvalue weighted by Gasteiger charge is -2.52. The zero-order valence-electron chi connectivity index (χ0n) is 16.9. The van der Waals surface area contributed by atoms with Gasteiger partial charge in [-0.25, -0.2) is 15.0 Å². The van der Waals surface area contributed by atoms with Crippen LogP contribution in [0.4, 0.5) is 11.6 Å². The molecule has 148 valence electrons. The van der Waals surface area contributed by atoms with Crippen molar-refractivity contribution in [2.45, 2.75) is 26.7 Å². The number of hydrogen-bond acceptors (Lipinski definition) is 6. The number of hydrogen-bond donors (Lipinski definition) is 1. The Labute approximate surface area is 170 Å². The summed E-state index contributed by atoms with van der Waals surface area (Å²) in [6, 6.07) is 6.19. The third-order valence-electron chi connectivity index (χ3n) is 6.70. The fraction of sp³-hybridized carbons (Fsp3) is 0.455. The van der Waals surface area contributed by atoms with Gasteiger partial charge in [-0.1, -0.05) is 6.92 Å². The molecule has 5 heterocycles. The van der Waals surface area contributed by atoms with Crippen LogP contribution < -0.4 is 9.80 Å². The van der Waals surface area contributed by atoms with Crippen molar-refractivity contribution in [3.63, 3.8) is 0 Å². The number of pyridine rings is 1. The number of aromatic amines is 1. The number of nitrogens with one attached hydrogen (secondary N) is 1. The van der Waals surface area contributed by atoms with Crippen molar-refractivity contribution >= 4 is 22.7 Å². The minimum Gasteiger partial charge on any atom is -0.356 e. The first kappa shape index (κ1) is 17.9. The lowest BCUT2D eigenvalue weighted by molar-refractivity contribution is 0.125. The molecule has 0 unspecified atom stereocenters. The number of anilines is 2. The maximum Gasteiger partial charge on any atom is 0.142 e. The van der Waals surface area contributed by atoms with Gasteiger partial charge in [-0.3, -0.25) is 0 Å². The number of H-pyrrole nitrogens is 1. The van der Waals surface area contributed by atoms with Crippen molar-refractivity contribution < 1.29 is 0 Å². The highest BCUT2D eigenvalue weighted by atomic mass is 15.3. The van der Waals surface area contributed by atoms with Crippen molar-refractivity contribution in [1.29, 1.82) is 5.26 Å². The SMILES string of the molecule is Cc1cc(C#N)cnc1N1CC[C@H]2CCN(c3ncnc4[nH]ccc34)C[C@@]2(C)C1. The Morgan fingerprint density at radius 1 is 1.14 bits per heavy atom. The first-order chi connectivity index (χ1) is 14.1. The first-order valence-electron chi connectivity index (χ1n) is 10.2. The Kier molecular flexibility index (Phi) is 4.16. The highest BCUT2D eigenvalue weighted by Crippen LogP contribution is 2.44. The maximum atomic E-state index is 9.13. The van der Waals surface area contributed by atoms with Crippen LogP contribution in [0.15, 0.2) is 30.9 Å². The molecule has 0 amide bonds. The normalized spacial score (nSPS) is 24.4. The molecule has 0 aliphatic carbocycles. The van der Waals surface area contributed by atoms with Gasteiger partial charge in [-0.15, -0.1) is 0 Å².